The molecule has 98 valence electrons. The topological polar surface area (TPSA) is 45.1 Å². The number of hydrogen-bond donors (Lipinski definition) is 2. The molecule has 2 N–H and O–H groups in total. The highest BCUT2D eigenvalue weighted by molar-refractivity contribution is 5.25. The van der Waals surface area contributed by atoms with Crippen LogP contribution in [-0.2, 0) is 6.42 Å². The molecule has 1 aromatic heterocycles. The van der Waals surface area contributed by atoms with Crippen molar-refractivity contribution in [2.45, 2.75) is 56.6 Å². The van der Waals surface area contributed by atoms with E-state index in [0.29, 0.717) is 12.6 Å². The molecule has 0 aromatic carbocycles. The third kappa shape index (κ3) is 2.43. The van der Waals surface area contributed by atoms with Gasteiger partial charge in [-0.05, 0) is 43.7 Å². The number of aromatic nitrogens is 1. The van der Waals surface area contributed by atoms with Gasteiger partial charge < -0.3 is 10.4 Å². The molecule has 1 saturated carbocycles. The fraction of sp³-hybridized carbons (Fsp3) is 0.667. The fourth-order valence-corrected chi connectivity index (χ4v) is 3.33. The molecule has 2 aliphatic rings. The van der Waals surface area contributed by atoms with E-state index in [0.717, 1.165) is 38.5 Å². The molecular weight excluding hydrogens is 224 g/mol. The van der Waals surface area contributed by atoms with Crippen molar-refractivity contribution < 1.29 is 5.11 Å². The van der Waals surface area contributed by atoms with Crippen LogP contribution in [0.1, 0.15) is 55.8 Å². The molecule has 0 aliphatic heterocycles. The first-order chi connectivity index (χ1) is 8.77. The predicted molar refractivity (Wildman–Crippen MR) is 71.3 cm³/mol. The highest BCUT2D eigenvalue weighted by Crippen LogP contribution is 2.31. The van der Waals surface area contributed by atoms with E-state index in [9.17, 15) is 5.11 Å². The minimum Gasteiger partial charge on any atom is -0.389 e. The van der Waals surface area contributed by atoms with Crippen molar-refractivity contribution in [1.82, 2.24) is 10.3 Å². The number of aliphatic hydroxyl groups is 1. The summed E-state index contributed by atoms with van der Waals surface area (Å²) in [6, 6.07) is 4.53. The molecule has 1 fully saturated rings. The molecule has 1 heterocycles. The highest BCUT2D eigenvalue weighted by Gasteiger charge is 2.32. The molecule has 3 nitrogen and oxygen atoms in total. The van der Waals surface area contributed by atoms with E-state index in [2.05, 4.69) is 16.4 Å². The van der Waals surface area contributed by atoms with Gasteiger partial charge in [0.25, 0.3) is 0 Å². The molecule has 0 bridgehead atoms. The van der Waals surface area contributed by atoms with E-state index in [1.54, 1.807) is 0 Å². The Bertz CT molecular complexity index is 413. The SMILES string of the molecule is OC1(CNC2CCCc3cccnc32)CCCC1. The van der Waals surface area contributed by atoms with Crippen LogP contribution in [0.2, 0.25) is 0 Å². The van der Waals surface area contributed by atoms with E-state index in [-0.39, 0.29) is 0 Å². The lowest BCUT2D eigenvalue weighted by Gasteiger charge is -2.29. The van der Waals surface area contributed by atoms with Crippen LogP contribution in [0.4, 0.5) is 0 Å². The quantitative estimate of drug-likeness (QED) is 0.860. The van der Waals surface area contributed by atoms with Crippen LogP contribution in [0.5, 0.6) is 0 Å². The van der Waals surface area contributed by atoms with Gasteiger partial charge in [0, 0.05) is 18.8 Å². The number of aryl methyl sites for hydroxylation is 1. The van der Waals surface area contributed by atoms with Crippen molar-refractivity contribution in [3.63, 3.8) is 0 Å². The van der Waals surface area contributed by atoms with Crippen LogP contribution < -0.4 is 5.32 Å². The van der Waals surface area contributed by atoms with Gasteiger partial charge in [-0.15, -0.1) is 0 Å². The normalized spacial score (nSPS) is 25.9. The molecule has 0 radical (unpaired) electrons. The summed E-state index contributed by atoms with van der Waals surface area (Å²) in [4.78, 5) is 4.52. The third-order valence-corrected chi connectivity index (χ3v) is 4.41. The lowest BCUT2D eigenvalue weighted by Crippen LogP contribution is -2.40. The molecule has 3 heteroatoms. The predicted octanol–water partition coefficient (Wildman–Crippen LogP) is 2.35. The molecule has 0 spiro atoms. The molecule has 1 aromatic rings. The average molecular weight is 246 g/mol. The molecule has 3 rings (SSSR count). The van der Waals surface area contributed by atoms with Gasteiger partial charge in [0.15, 0.2) is 0 Å². The van der Waals surface area contributed by atoms with E-state index in [1.165, 1.54) is 17.7 Å². The summed E-state index contributed by atoms with van der Waals surface area (Å²) >= 11 is 0. The summed E-state index contributed by atoms with van der Waals surface area (Å²) in [5.74, 6) is 0. The second kappa shape index (κ2) is 4.98. The lowest BCUT2D eigenvalue weighted by molar-refractivity contribution is 0.0440. The number of hydrogen-bond acceptors (Lipinski definition) is 3. The van der Waals surface area contributed by atoms with Crippen molar-refractivity contribution in [3.05, 3.63) is 29.6 Å². The molecule has 0 amide bonds. The lowest BCUT2D eigenvalue weighted by atomic mass is 9.91. The maximum atomic E-state index is 10.4. The van der Waals surface area contributed by atoms with E-state index >= 15 is 0 Å². The summed E-state index contributed by atoms with van der Waals surface area (Å²) in [6.45, 7) is 0.716. The Hall–Kier alpha value is -0.930. The summed E-state index contributed by atoms with van der Waals surface area (Å²) < 4.78 is 0. The monoisotopic (exact) mass is 246 g/mol. The van der Waals surface area contributed by atoms with Gasteiger partial charge in [-0.1, -0.05) is 18.9 Å². The number of rotatable bonds is 3. The van der Waals surface area contributed by atoms with Crippen LogP contribution in [-0.4, -0.2) is 22.2 Å². The molecule has 1 unspecified atom stereocenters. The molecule has 2 aliphatic carbocycles. The standard InChI is InChI=1S/C15H22N2O/c18-15(8-1-2-9-15)11-17-13-7-3-5-12-6-4-10-16-14(12)13/h4,6,10,13,17-18H,1-3,5,7-9,11H2. The second-order valence-corrected chi connectivity index (χ2v) is 5.80. The Balaban J connectivity index is 1.67. The molecule has 18 heavy (non-hydrogen) atoms. The summed E-state index contributed by atoms with van der Waals surface area (Å²) in [6.07, 6.45) is 9.60. The van der Waals surface area contributed by atoms with Crippen LogP contribution >= 0.6 is 0 Å². The molecule has 0 saturated heterocycles. The minimum absolute atomic E-state index is 0.333. The Labute approximate surface area is 109 Å². The number of nitrogens with zero attached hydrogens (tertiary/aromatic N) is 1. The van der Waals surface area contributed by atoms with Gasteiger partial charge >= 0.3 is 0 Å². The van der Waals surface area contributed by atoms with Gasteiger partial charge in [0.2, 0.25) is 0 Å². The van der Waals surface area contributed by atoms with Crippen molar-refractivity contribution >= 4 is 0 Å². The number of fused-ring (bicyclic) bond motifs is 1. The summed E-state index contributed by atoms with van der Waals surface area (Å²) in [7, 11) is 0. The van der Waals surface area contributed by atoms with Gasteiger partial charge in [0.05, 0.1) is 11.3 Å². The first-order valence-electron chi connectivity index (χ1n) is 7.16. The van der Waals surface area contributed by atoms with Crippen molar-refractivity contribution in [2.24, 2.45) is 0 Å². The van der Waals surface area contributed by atoms with Gasteiger partial charge in [-0.25, -0.2) is 0 Å². The molecule has 1 atom stereocenters. The minimum atomic E-state index is -0.466. The van der Waals surface area contributed by atoms with E-state index in [1.807, 2.05) is 12.3 Å². The largest absolute Gasteiger partial charge is 0.389 e. The van der Waals surface area contributed by atoms with Crippen molar-refractivity contribution in [1.29, 1.82) is 0 Å². The van der Waals surface area contributed by atoms with Crippen LogP contribution in [0.25, 0.3) is 0 Å². The van der Waals surface area contributed by atoms with E-state index < -0.39 is 5.60 Å². The van der Waals surface area contributed by atoms with Crippen molar-refractivity contribution in [2.75, 3.05) is 6.54 Å². The average Bonchev–Trinajstić information content (AvgIpc) is 2.84. The highest BCUT2D eigenvalue weighted by atomic mass is 16.3. The maximum Gasteiger partial charge on any atom is 0.0771 e. The summed E-state index contributed by atoms with van der Waals surface area (Å²) in [5.41, 5.74) is 2.11. The van der Waals surface area contributed by atoms with E-state index in [4.69, 9.17) is 0 Å². The second-order valence-electron chi connectivity index (χ2n) is 5.80. The first-order valence-corrected chi connectivity index (χ1v) is 7.16. The Morgan fingerprint density at radius 2 is 2.17 bits per heavy atom. The van der Waals surface area contributed by atoms with Crippen LogP contribution in [0.3, 0.4) is 0 Å². The third-order valence-electron chi connectivity index (χ3n) is 4.41. The Morgan fingerprint density at radius 3 is 3.00 bits per heavy atom. The first kappa shape index (κ1) is 12.1. The fourth-order valence-electron chi connectivity index (χ4n) is 3.33. The Kier molecular flexibility index (Phi) is 3.35. The number of nitrogens with one attached hydrogen (secondary N) is 1. The molecular formula is C15H22N2O. The van der Waals surface area contributed by atoms with Gasteiger partial charge in [0.1, 0.15) is 0 Å². The van der Waals surface area contributed by atoms with Crippen molar-refractivity contribution in [3.8, 4) is 0 Å². The zero-order valence-electron chi connectivity index (χ0n) is 10.9. The zero-order chi connectivity index (χ0) is 12.4. The number of pyridine rings is 1. The van der Waals surface area contributed by atoms with Crippen LogP contribution in [0.15, 0.2) is 18.3 Å². The maximum absolute atomic E-state index is 10.4. The van der Waals surface area contributed by atoms with Gasteiger partial charge in [-0.2, -0.15) is 0 Å². The van der Waals surface area contributed by atoms with Crippen LogP contribution in [0, 0.1) is 0 Å². The smallest absolute Gasteiger partial charge is 0.0771 e. The van der Waals surface area contributed by atoms with Gasteiger partial charge in [-0.3, -0.25) is 4.98 Å². The Morgan fingerprint density at radius 1 is 1.33 bits per heavy atom. The zero-order valence-corrected chi connectivity index (χ0v) is 10.9. The summed E-state index contributed by atoms with van der Waals surface area (Å²) in [5, 5.41) is 13.9.